The van der Waals surface area contributed by atoms with Gasteiger partial charge in [0.2, 0.25) is 5.95 Å². The molecule has 1 saturated carbocycles. The highest BCUT2D eigenvalue weighted by Crippen LogP contribution is 2.32. The molecule has 2 aromatic rings. The summed E-state index contributed by atoms with van der Waals surface area (Å²) in [6.07, 6.45) is 13.8. The lowest BCUT2D eigenvalue weighted by Gasteiger charge is -2.33. The van der Waals surface area contributed by atoms with Crippen LogP contribution in [0.1, 0.15) is 49.4 Å². The fraction of sp³-hybridized carbons (Fsp3) is 0.360. The summed E-state index contributed by atoms with van der Waals surface area (Å²) in [5.41, 5.74) is 3.30. The molecule has 0 bridgehead atoms. The number of rotatable bonds is 7. The van der Waals surface area contributed by atoms with E-state index in [1.165, 1.54) is 25.3 Å². The Labute approximate surface area is 193 Å². The van der Waals surface area contributed by atoms with E-state index in [0.29, 0.717) is 18.6 Å². The number of nitrogens with one attached hydrogen (secondary N) is 1. The van der Waals surface area contributed by atoms with Crippen LogP contribution in [0.4, 0.5) is 10.3 Å². The summed E-state index contributed by atoms with van der Waals surface area (Å²) in [7, 11) is 1.62. The lowest BCUT2D eigenvalue weighted by atomic mass is 9.96. The van der Waals surface area contributed by atoms with Gasteiger partial charge in [-0.05, 0) is 48.8 Å². The van der Waals surface area contributed by atoms with Gasteiger partial charge < -0.3 is 15.0 Å². The van der Waals surface area contributed by atoms with Crippen LogP contribution in [-0.4, -0.2) is 34.6 Å². The summed E-state index contributed by atoms with van der Waals surface area (Å²) < 4.78 is 19.5. The first kappa shape index (κ1) is 22.5. The third kappa shape index (κ3) is 5.19. The zero-order chi connectivity index (χ0) is 22.5. The molecular formula is C25H28ClFN4O. The Morgan fingerprint density at radius 3 is 2.81 bits per heavy atom. The van der Waals surface area contributed by atoms with Gasteiger partial charge in [-0.3, -0.25) is 0 Å². The number of halogens is 2. The maximum Gasteiger partial charge on any atom is 0.223 e. The molecule has 0 spiro atoms. The van der Waals surface area contributed by atoms with Crippen LogP contribution in [0.2, 0.25) is 5.02 Å². The van der Waals surface area contributed by atoms with Crippen molar-refractivity contribution < 1.29 is 9.13 Å². The second-order valence-electron chi connectivity index (χ2n) is 8.20. The van der Waals surface area contributed by atoms with Crippen LogP contribution in [0.25, 0.3) is 5.57 Å². The SMILES string of the molecule is C=C1C=C(c2ccnc(NC3CCCCC3)n2)C=CN1C(COC)c1ccc(Cl)c(F)c1. The minimum absolute atomic E-state index is 0.0986. The van der Waals surface area contributed by atoms with Crippen molar-refractivity contribution in [3.8, 4) is 0 Å². The van der Waals surface area contributed by atoms with Crippen LogP contribution in [0.3, 0.4) is 0 Å². The molecule has 1 unspecified atom stereocenters. The molecule has 2 aliphatic rings. The molecule has 0 amide bonds. The molecule has 0 radical (unpaired) electrons. The molecule has 5 nitrogen and oxygen atoms in total. The van der Waals surface area contributed by atoms with E-state index in [9.17, 15) is 4.39 Å². The number of hydrogen-bond acceptors (Lipinski definition) is 5. The Bertz CT molecular complexity index is 1030. The minimum atomic E-state index is -0.452. The Morgan fingerprint density at radius 1 is 1.28 bits per heavy atom. The molecule has 1 aromatic carbocycles. The van der Waals surface area contributed by atoms with Crippen LogP contribution < -0.4 is 5.32 Å². The van der Waals surface area contributed by atoms with E-state index >= 15 is 0 Å². The molecule has 168 valence electrons. The highest BCUT2D eigenvalue weighted by atomic mass is 35.5. The average Bonchev–Trinajstić information content (AvgIpc) is 2.80. The molecule has 4 rings (SSSR count). The van der Waals surface area contributed by atoms with Gasteiger partial charge in [-0.1, -0.05) is 43.5 Å². The van der Waals surface area contributed by atoms with Crippen molar-refractivity contribution in [2.45, 2.75) is 44.2 Å². The van der Waals surface area contributed by atoms with Gasteiger partial charge >= 0.3 is 0 Å². The number of nitrogens with zero attached hydrogens (tertiary/aromatic N) is 3. The molecule has 2 heterocycles. The van der Waals surface area contributed by atoms with Crippen molar-refractivity contribution in [2.75, 3.05) is 19.0 Å². The van der Waals surface area contributed by atoms with Crippen molar-refractivity contribution in [3.63, 3.8) is 0 Å². The summed E-state index contributed by atoms with van der Waals surface area (Å²) in [6, 6.07) is 6.92. The zero-order valence-electron chi connectivity index (χ0n) is 18.2. The van der Waals surface area contributed by atoms with Crippen molar-refractivity contribution in [1.82, 2.24) is 14.9 Å². The van der Waals surface area contributed by atoms with Gasteiger partial charge in [0, 0.05) is 36.8 Å². The minimum Gasteiger partial charge on any atom is -0.382 e. The quantitative estimate of drug-likeness (QED) is 0.545. The number of benzene rings is 1. The van der Waals surface area contributed by atoms with Crippen LogP contribution in [0.5, 0.6) is 0 Å². The van der Waals surface area contributed by atoms with Gasteiger partial charge in [-0.15, -0.1) is 0 Å². The monoisotopic (exact) mass is 454 g/mol. The number of hydrogen-bond donors (Lipinski definition) is 1. The van der Waals surface area contributed by atoms with Gasteiger partial charge in [-0.25, -0.2) is 14.4 Å². The van der Waals surface area contributed by atoms with Crippen LogP contribution >= 0.6 is 11.6 Å². The standard InChI is InChI=1S/C25H28ClFN4O/c1-17-14-18(23-10-12-28-25(30-23)29-20-6-4-3-5-7-20)11-13-31(17)24(16-32-2)19-8-9-21(26)22(27)15-19/h8-15,20,24H,1,3-7,16H2,2H3,(H,28,29,30). The lowest BCUT2D eigenvalue weighted by Crippen LogP contribution is -2.27. The predicted octanol–water partition coefficient (Wildman–Crippen LogP) is 6.13. The van der Waals surface area contributed by atoms with Gasteiger partial charge in [0.1, 0.15) is 5.82 Å². The number of ether oxygens (including phenoxy) is 1. The number of anilines is 1. The maximum atomic E-state index is 14.1. The van der Waals surface area contributed by atoms with Crippen molar-refractivity contribution in [1.29, 1.82) is 0 Å². The number of allylic oxidation sites excluding steroid dienone is 3. The maximum absolute atomic E-state index is 14.1. The highest BCUT2D eigenvalue weighted by molar-refractivity contribution is 6.30. The molecule has 1 aliphatic carbocycles. The second kappa shape index (κ2) is 10.3. The first-order valence-corrected chi connectivity index (χ1v) is 11.3. The van der Waals surface area contributed by atoms with E-state index in [-0.39, 0.29) is 11.1 Å². The van der Waals surface area contributed by atoms with Gasteiger partial charge in [0.15, 0.2) is 0 Å². The molecule has 1 fully saturated rings. The first-order valence-electron chi connectivity index (χ1n) is 11.0. The van der Waals surface area contributed by atoms with Gasteiger partial charge in [0.05, 0.1) is 23.4 Å². The van der Waals surface area contributed by atoms with Crippen LogP contribution in [-0.2, 0) is 4.74 Å². The smallest absolute Gasteiger partial charge is 0.223 e. The predicted molar refractivity (Wildman–Crippen MR) is 127 cm³/mol. The zero-order valence-corrected chi connectivity index (χ0v) is 19.0. The van der Waals surface area contributed by atoms with E-state index in [1.807, 2.05) is 35.4 Å². The lowest BCUT2D eigenvalue weighted by molar-refractivity contribution is 0.134. The van der Waals surface area contributed by atoms with E-state index in [1.54, 1.807) is 19.4 Å². The third-order valence-corrected chi connectivity index (χ3v) is 6.25. The molecule has 1 aromatic heterocycles. The number of methoxy groups -OCH3 is 1. The number of aromatic nitrogens is 2. The summed E-state index contributed by atoms with van der Waals surface area (Å²) >= 11 is 5.86. The fourth-order valence-electron chi connectivity index (χ4n) is 4.26. The topological polar surface area (TPSA) is 50.3 Å². The molecule has 7 heteroatoms. The van der Waals surface area contributed by atoms with Crippen molar-refractivity contribution in [2.24, 2.45) is 0 Å². The van der Waals surface area contributed by atoms with Gasteiger partial charge in [0.25, 0.3) is 0 Å². The molecule has 0 saturated heterocycles. The molecule has 1 atom stereocenters. The van der Waals surface area contributed by atoms with E-state index in [2.05, 4.69) is 16.9 Å². The Hall–Kier alpha value is -2.70. The highest BCUT2D eigenvalue weighted by Gasteiger charge is 2.23. The molecule has 1 aliphatic heterocycles. The summed E-state index contributed by atoms with van der Waals surface area (Å²) in [6.45, 7) is 4.59. The van der Waals surface area contributed by atoms with Crippen LogP contribution in [0.15, 0.2) is 61.1 Å². The first-order chi connectivity index (χ1) is 15.5. The summed E-state index contributed by atoms with van der Waals surface area (Å²) in [4.78, 5) is 11.1. The Balaban J connectivity index is 1.52. The normalized spacial score (nSPS) is 17.9. The Morgan fingerprint density at radius 2 is 2.09 bits per heavy atom. The molecular weight excluding hydrogens is 427 g/mol. The van der Waals surface area contributed by atoms with Gasteiger partial charge in [-0.2, -0.15) is 0 Å². The van der Waals surface area contributed by atoms with Crippen molar-refractivity contribution >= 4 is 23.1 Å². The average molecular weight is 455 g/mol. The van der Waals surface area contributed by atoms with Crippen LogP contribution in [0, 0.1) is 5.82 Å². The molecule has 1 N–H and O–H groups in total. The summed E-state index contributed by atoms with van der Waals surface area (Å²) in [5.74, 6) is 0.206. The van der Waals surface area contributed by atoms with E-state index in [0.717, 1.165) is 35.4 Å². The largest absolute Gasteiger partial charge is 0.382 e. The van der Waals surface area contributed by atoms with Crippen molar-refractivity contribution in [3.05, 3.63) is 83.2 Å². The molecule has 32 heavy (non-hydrogen) atoms. The third-order valence-electron chi connectivity index (χ3n) is 5.95. The van der Waals surface area contributed by atoms with E-state index in [4.69, 9.17) is 21.3 Å². The summed E-state index contributed by atoms with van der Waals surface area (Å²) in [5, 5.41) is 3.58. The second-order valence-corrected chi connectivity index (χ2v) is 8.61. The Kier molecular flexibility index (Phi) is 7.22. The fourth-order valence-corrected chi connectivity index (χ4v) is 4.37. The van der Waals surface area contributed by atoms with E-state index < -0.39 is 5.82 Å².